The van der Waals surface area contributed by atoms with Crippen LogP contribution in [-0.4, -0.2) is 6.54 Å². The van der Waals surface area contributed by atoms with Gasteiger partial charge in [0.1, 0.15) is 0 Å². The van der Waals surface area contributed by atoms with E-state index in [4.69, 9.17) is 28.9 Å². The number of benzene rings is 2. The van der Waals surface area contributed by atoms with Gasteiger partial charge in [-0.15, -0.1) is 0 Å². The molecule has 0 saturated carbocycles. The molecule has 1 nitrogen and oxygen atoms in total. The summed E-state index contributed by atoms with van der Waals surface area (Å²) in [5.41, 5.74) is 10.6. The van der Waals surface area contributed by atoms with Crippen molar-refractivity contribution in [2.24, 2.45) is 5.73 Å². The molecule has 0 heterocycles. The molecule has 0 spiro atoms. The monoisotopic (exact) mass is 277 g/mol. The lowest BCUT2D eigenvalue weighted by molar-refractivity contribution is 0.741. The van der Waals surface area contributed by atoms with E-state index in [0.29, 0.717) is 12.5 Å². The van der Waals surface area contributed by atoms with Crippen LogP contribution in [0.15, 0.2) is 36.4 Å². The maximum Gasteiger partial charge on any atom is 0.0487 e. The van der Waals surface area contributed by atoms with Crippen LogP contribution >= 0.6 is 23.2 Å². The molecular weight excluding hydrogens is 265 g/mol. The summed E-state index contributed by atoms with van der Waals surface area (Å²) in [6.07, 6.45) is 0.917. The summed E-state index contributed by atoms with van der Waals surface area (Å²) in [7, 11) is 0. The van der Waals surface area contributed by atoms with Gasteiger partial charge in [0.05, 0.1) is 0 Å². The summed E-state index contributed by atoms with van der Waals surface area (Å²) >= 11 is 12.4. The minimum atomic E-state index is 0.317. The third kappa shape index (κ3) is 1.74. The molecule has 0 amide bonds. The van der Waals surface area contributed by atoms with Gasteiger partial charge in [-0.1, -0.05) is 41.4 Å². The fraction of sp³-hybridized carbons (Fsp3) is 0.200. The predicted octanol–water partition coefficient (Wildman–Crippen LogP) is 4.45. The summed E-state index contributed by atoms with van der Waals surface area (Å²) in [6, 6.07) is 12.1. The van der Waals surface area contributed by atoms with Gasteiger partial charge in [-0.05, 0) is 47.9 Å². The molecule has 2 N–H and O–H groups in total. The molecule has 0 aliphatic heterocycles. The first-order chi connectivity index (χ1) is 8.72. The highest BCUT2D eigenvalue weighted by molar-refractivity contribution is 6.34. The van der Waals surface area contributed by atoms with Crippen molar-refractivity contribution in [1.29, 1.82) is 0 Å². The second-order valence-corrected chi connectivity index (χ2v) is 5.41. The van der Waals surface area contributed by atoms with Crippen LogP contribution in [0.3, 0.4) is 0 Å². The molecule has 92 valence electrons. The Morgan fingerprint density at radius 3 is 2.67 bits per heavy atom. The van der Waals surface area contributed by atoms with Crippen molar-refractivity contribution in [2.75, 3.05) is 6.54 Å². The summed E-state index contributed by atoms with van der Waals surface area (Å²) in [4.78, 5) is 0. The molecule has 1 unspecified atom stereocenters. The van der Waals surface area contributed by atoms with E-state index in [1.807, 2.05) is 24.3 Å². The zero-order chi connectivity index (χ0) is 12.7. The smallest absolute Gasteiger partial charge is 0.0487 e. The Hall–Kier alpha value is -1.02. The molecule has 1 aliphatic rings. The standard InChI is InChI=1S/C15H13Cl2N/c16-9-4-5-12-13(8-9)10(6-7-18)11-2-1-3-14(17)15(11)12/h1-5,8,10H,6-7,18H2. The topological polar surface area (TPSA) is 26.0 Å². The number of fused-ring (bicyclic) bond motifs is 3. The van der Waals surface area contributed by atoms with Crippen molar-refractivity contribution in [3.05, 3.63) is 57.6 Å². The quantitative estimate of drug-likeness (QED) is 0.862. The van der Waals surface area contributed by atoms with Crippen molar-refractivity contribution in [3.8, 4) is 11.1 Å². The second-order valence-electron chi connectivity index (χ2n) is 4.57. The molecule has 0 bridgehead atoms. The van der Waals surface area contributed by atoms with Crippen LogP contribution in [0.5, 0.6) is 0 Å². The fourth-order valence-electron chi connectivity index (χ4n) is 2.81. The zero-order valence-corrected chi connectivity index (χ0v) is 11.3. The van der Waals surface area contributed by atoms with E-state index in [1.165, 1.54) is 16.7 Å². The van der Waals surface area contributed by atoms with Crippen molar-refractivity contribution >= 4 is 23.2 Å². The number of hydrogen-bond acceptors (Lipinski definition) is 1. The first kappa shape index (κ1) is 12.0. The Balaban J connectivity index is 2.27. The van der Waals surface area contributed by atoms with Crippen LogP contribution in [0.25, 0.3) is 11.1 Å². The third-order valence-corrected chi connectivity index (χ3v) is 4.09. The lowest BCUT2D eigenvalue weighted by atomic mass is 9.94. The molecule has 18 heavy (non-hydrogen) atoms. The largest absolute Gasteiger partial charge is 0.330 e. The van der Waals surface area contributed by atoms with Gasteiger partial charge in [0, 0.05) is 21.5 Å². The molecule has 0 radical (unpaired) electrons. The van der Waals surface area contributed by atoms with E-state index in [1.54, 1.807) is 0 Å². The van der Waals surface area contributed by atoms with Crippen molar-refractivity contribution in [3.63, 3.8) is 0 Å². The van der Waals surface area contributed by atoms with Crippen LogP contribution in [0, 0.1) is 0 Å². The van der Waals surface area contributed by atoms with Crippen molar-refractivity contribution in [2.45, 2.75) is 12.3 Å². The highest BCUT2D eigenvalue weighted by Gasteiger charge is 2.29. The maximum atomic E-state index is 6.34. The molecule has 3 rings (SSSR count). The van der Waals surface area contributed by atoms with Gasteiger partial charge in [-0.2, -0.15) is 0 Å². The van der Waals surface area contributed by atoms with E-state index >= 15 is 0 Å². The molecule has 1 aliphatic carbocycles. The average molecular weight is 278 g/mol. The molecule has 0 saturated heterocycles. The fourth-order valence-corrected chi connectivity index (χ4v) is 3.27. The van der Waals surface area contributed by atoms with Gasteiger partial charge >= 0.3 is 0 Å². The number of rotatable bonds is 2. The van der Waals surface area contributed by atoms with Crippen LogP contribution in [0.1, 0.15) is 23.5 Å². The minimum Gasteiger partial charge on any atom is -0.330 e. The Morgan fingerprint density at radius 2 is 1.89 bits per heavy atom. The predicted molar refractivity (Wildman–Crippen MR) is 77.4 cm³/mol. The van der Waals surface area contributed by atoms with E-state index in [0.717, 1.165) is 22.0 Å². The first-order valence-electron chi connectivity index (χ1n) is 6.00. The normalized spacial score (nSPS) is 16.5. The summed E-state index contributed by atoms with van der Waals surface area (Å²) < 4.78 is 0. The summed E-state index contributed by atoms with van der Waals surface area (Å²) in [6.45, 7) is 0.655. The molecule has 3 heteroatoms. The molecule has 0 fully saturated rings. The summed E-state index contributed by atoms with van der Waals surface area (Å²) in [5, 5.41) is 1.57. The zero-order valence-electron chi connectivity index (χ0n) is 9.79. The Kier molecular flexibility index (Phi) is 3.06. The Morgan fingerprint density at radius 1 is 1.06 bits per heavy atom. The van der Waals surface area contributed by atoms with E-state index in [9.17, 15) is 0 Å². The SMILES string of the molecule is NCCC1c2cc(Cl)ccc2-c2c(Cl)cccc21. The highest BCUT2D eigenvalue weighted by Crippen LogP contribution is 2.49. The minimum absolute atomic E-state index is 0.317. The van der Waals surface area contributed by atoms with Gasteiger partial charge in [0.15, 0.2) is 0 Å². The van der Waals surface area contributed by atoms with Crippen LogP contribution < -0.4 is 5.73 Å². The lowest BCUT2D eigenvalue weighted by Crippen LogP contribution is -2.06. The Labute approximate surface area is 117 Å². The number of nitrogens with two attached hydrogens (primary N) is 1. The maximum absolute atomic E-state index is 6.34. The van der Waals surface area contributed by atoms with E-state index in [-0.39, 0.29) is 0 Å². The van der Waals surface area contributed by atoms with E-state index < -0.39 is 0 Å². The van der Waals surface area contributed by atoms with Crippen molar-refractivity contribution in [1.82, 2.24) is 0 Å². The lowest BCUT2D eigenvalue weighted by Gasteiger charge is -2.12. The molecule has 2 aromatic carbocycles. The number of hydrogen-bond donors (Lipinski definition) is 1. The van der Waals surface area contributed by atoms with E-state index in [2.05, 4.69) is 12.1 Å². The third-order valence-electron chi connectivity index (χ3n) is 3.53. The number of halogens is 2. The van der Waals surface area contributed by atoms with Crippen molar-refractivity contribution < 1.29 is 0 Å². The highest BCUT2D eigenvalue weighted by atomic mass is 35.5. The second kappa shape index (κ2) is 4.58. The summed E-state index contributed by atoms with van der Waals surface area (Å²) in [5.74, 6) is 0.317. The van der Waals surface area contributed by atoms with Gasteiger partial charge in [-0.25, -0.2) is 0 Å². The molecule has 1 atom stereocenters. The van der Waals surface area contributed by atoms with Gasteiger partial charge in [-0.3, -0.25) is 0 Å². The van der Waals surface area contributed by atoms with Crippen LogP contribution in [-0.2, 0) is 0 Å². The van der Waals surface area contributed by atoms with Crippen LogP contribution in [0.2, 0.25) is 10.0 Å². The Bertz CT molecular complexity index is 607. The molecule has 2 aromatic rings. The molecular formula is C15H13Cl2N. The van der Waals surface area contributed by atoms with Gasteiger partial charge < -0.3 is 5.73 Å². The van der Waals surface area contributed by atoms with Crippen LogP contribution in [0.4, 0.5) is 0 Å². The average Bonchev–Trinajstić information content (AvgIpc) is 2.66. The van der Waals surface area contributed by atoms with Gasteiger partial charge in [0.2, 0.25) is 0 Å². The van der Waals surface area contributed by atoms with Gasteiger partial charge in [0.25, 0.3) is 0 Å². The first-order valence-corrected chi connectivity index (χ1v) is 6.76. The molecule has 0 aromatic heterocycles.